The van der Waals surface area contributed by atoms with Gasteiger partial charge in [0.05, 0.1) is 0 Å². The average molecular weight is 217 g/mol. The molecule has 0 radical (unpaired) electrons. The summed E-state index contributed by atoms with van der Waals surface area (Å²) >= 11 is 5.40. The maximum absolute atomic E-state index is 10.9. The Morgan fingerprint density at radius 2 is 2.07 bits per heavy atom. The fourth-order valence-corrected chi connectivity index (χ4v) is 1.95. The van der Waals surface area contributed by atoms with Crippen molar-refractivity contribution in [1.82, 2.24) is 5.32 Å². The topological polar surface area (TPSA) is 55.1 Å². The van der Waals surface area contributed by atoms with Crippen molar-refractivity contribution in [3.63, 3.8) is 0 Å². The Kier molecular flexibility index (Phi) is 4.98. The molecule has 1 saturated carbocycles. The maximum atomic E-state index is 10.9. The summed E-state index contributed by atoms with van der Waals surface area (Å²) in [6, 6.07) is 0.512. The summed E-state index contributed by atoms with van der Waals surface area (Å²) in [4.78, 5) is 10.9. The molecule has 1 rings (SSSR count). The van der Waals surface area contributed by atoms with Crippen molar-refractivity contribution < 1.29 is 4.79 Å². The molecule has 0 spiro atoms. The van der Waals surface area contributed by atoms with Crippen molar-refractivity contribution in [2.24, 2.45) is 11.7 Å². The van der Waals surface area contributed by atoms with Gasteiger partial charge < -0.3 is 11.1 Å². The Balaban J connectivity index is 2.18. The van der Waals surface area contributed by atoms with Crippen molar-refractivity contribution in [2.45, 2.75) is 31.7 Å². The van der Waals surface area contributed by atoms with Crippen molar-refractivity contribution in [1.29, 1.82) is 0 Å². The zero-order valence-electron chi connectivity index (χ0n) is 8.21. The van der Waals surface area contributed by atoms with E-state index in [-0.39, 0.29) is 11.8 Å². The molecule has 0 atom stereocenters. The SMILES string of the molecule is NC(=O)C1CCC(NC/C=C/Cl)CC1. The summed E-state index contributed by atoms with van der Waals surface area (Å²) in [7, 11) is 0. The molecule has 0 bridgehead atoms. The Labute approximate surface area is 89.7 Å². The number of carbonyl (C=O) groups excluding carboxylic acids is 1. The minimum atomic E-state index is -0.149. The number of carbonyl (C=O) groups is 1. The Hall–Kier alpha value is -0.540. The van der Waals surface area contributed by atoms with Crippen LogP contribution in [0, 0.1) is 5.92 Å². The van der Waals surface area contributed by atoms with E-state index < -0.39 is 0 Å². The summed E-state index contributed by atoms with van der Waals surface area (Å²) in [6.45, 7) is 0.801. The molecule has 1 aliphatic rings. The third-order valence-corrected chi connectivity index (χ3v) is 2.92. The standard InChI is InChI=1S/C10H17ClN2O/c11-6-1-7-13-9-4-2-8(3-5-9)10(12)14/h1,6,8-9,13H,2-5,7H2,(H2,12,14)/b6-1+. The highest BCUT2D eigenvalue weighted by atomic mass is 35.5. The summed E-state index contributed by atoms with van der Waals surface area (Å²) in [5.41, 5.74) is 6.76. The van der Waals surface area contributed by atoms with Gasteiger partial charge in [0.15, 0.2) is 0 Å². The molecule has 0 aliphatic heterocycles. The van der Waals surface area contributed by atoms with Gasteiger partial charge in [0.1, 0.15) is 0 Å². The molecule has 1 aliphatic carbocycles. The minimum Gasteiger partial charge on any atom is -0.369 e. The van der Waals surface area contributed by atoms with Crippen molar-refractivity contribution in [2.75, 3.05) is 6.54 Å². The van der Waals surface area contributed by atoms with E-state index in [9.17, 15) is 4.79 Å². The molecule has 0 heterocycles. The van der Waals surface area contributed by atoms with E-state index in [4.69, 9.17) is 17.3 Å². The number of rotatable bonds is 4. The van der Waals surface area contributed by atoms with Crippen LogP contribution in [0.25, 0.3) is 0 Å². The van der Waals surface area contributed by atoms with E-state index in [0.717, 1.165) is 32.2 Å². The van der Waals surface area contributed by atoms with Crippen LogP contribution in [0.15, 0.2) is 11.6 Å². The van der Waals surface area contributed by atoms with Crippen LogP contribution < -0.4 is 11.1 Å². The fourth-order valence-electron chi connectivity index (χ4n) is 1.86. The lowest BCUT2D eigenvalue weighted by Crippen LogP contribution is -2.36. The second-order valence-electron chi connectivity index (χ2n) is 3.72. The van der Waals surface area contributed by atoms with E-state index in [0.29, 0.717) is 6.04 Å². The normalized spacial score (nSPS) is 28.1. The van der Waals surface area contributed by atoms with Crippen LogP contribution >= 0.6 is 11.6 Å². The first kappa shape index (κ1) is 11.5. The number of halogens is 1. The quantitative estimate of drug-likeness (QED) is 0.746. The number of amides is 1. The van der Waals surface area contributed by atoms with Gasteiger partial charge >= 0.3 is 0 Å². The van der Waals surface area contributed by atoms with Gasteiger partial charge in [-0.25, -0.2) is 0 Å². The van der Waals surface area contributed by atoms with Crippen LogP contribution in [0.3, 0.4) is 0 Å². The average Bonchev–Trinajstić information content (AvgIpc) is 2.19. The summed E-state index contributed by atoms with van der Waals surface area (Å²) < 4.78 is 0. The molecule has 14 heavy (non-hydrogen) atoms. The molecule has 1 amide bonds. The van der Waals surface area contributed by atoms with Crippen LogP contribution in [-0.4, -0.2) is 18.5 Å². The van der Waals surface area contributed by atoms with E-state index in [1.165, 1.54) is 5.54 Å². The Morgan fingerprint density at radius 3 is 2.57 bits per heavy atom. The third-order valence-electron chi connectivity index (χ3n) is 2.74. The molecule has 0 aromatic carbocycles. The van der Waals surface area contributed by atoms with E-state index >= 15 is 0 Å². The highest BCUT2D eigenvalue weighted by Crippen LogP contribution is 2.23. The first-order chi connectivity index (χ1) is 6.74. The molecular weight excluding hydrogens is 200 g/mol. The first-order valence-corrected chi connectivity index (χ1v) is 5.45. The van der Waals surface area contributed by atoms with Crippen LogP contribution in [0.4, 0.5) is 0 Å². The third kappa shape index (κ3) is 3.68. The van der Waals surface area contributed by atoms with Gasteiger partial charge in [-0.1, -0.05) is 17.7 Å². The highest BCUT2D eigenvalue weighted by Gasteiger charge is 2.23. The molecule has 3 N–H and O–H groups in total. The van der Waals surface area contributed by atoms with Gasteiger partial charge in [0.25, 0.3) is 0 Å². The predicted molar refractivity (Wildman–Crippen MR) is 57.9 cm³/mol. The lowest BCUT2D eigenvalue weighted by molar-refractivity contribution is -0.122. The second kappa shape index (κ2) is 6.04. The van der Waals surface area contributed by atoms with Gasteiger partial charge in [-0.2, -0.15) is 0 Å². The van der Waals surface area contributed by atoms with Crippen LogP contribution in [0.1, 0.15) is 25.7 Å². The van der Waals surface area contributed by atoms with Crippen LogP contribution in [0.5, 0.6) is 0 Å². The lowest BCUT2D eigenvalue weighted by Gasteiger charge is -2.26. The van der Waals surface area contributed by atoms with Gasteiger partial charge in [0.2, 0.25) is 5.91 Å². The predicted octanol–water partition coefficient (Wildman–Crippen LogP) is 1.37. The number of nitrogens with one attached hydrogen (secondary N) is 1. The molecule has 3 nitrogen and oxygen atoms in total. The van der Waals surface area contributed by atoms with E-state index in [1.807, 2.05) is 6.08 Å². The van der Waals surface area contributed by atoms with E-state index in [2.05, 4.69) is 5.32 Å². The van der Waals surface area contributed by atoms with E-state index in [1.54, 1.807) is 0 Å². The number of primary amides is 1. The number of hydrogen-bond donors (Lipinski definition) is 2. The van der Waals surface area contributed by atoms with Crippen molar-refractivity contribution in [3.05, 3.63) is 11.6 Å². The summed E-state index contributed by atoms with van der Waals surface area (Å²) in [5.74, 6) is -0.0549. The molecule has 0 unspecified atom stereocenters. The van der Waals surface area contributed by atoms with Crippen LogP contribution in [0.2, 0.25) is 0 Å². The summed E-state index contributed by atoms with van der Waals surface area (Å²) in [6.07, 6.45) is 5.77. The smallest absolute Gasteiger partial charge is 0.220 e. The largest absolute Gasteiger partial charge is 0.369 e. The van der Waals surface area contributed by atoms with Crippen LogP contribution in [-0.2, 0) is 4.79 Å². The van der Waals surface area contributed by atoms with Gasteiger partial charge in [-0.15, -0.1) is 0 Å². The zero-order chi connectivity index (χ0) is 10.4. The zero-order valence-corrected chi connectivity index (χ0v) is 8.96. The summed E-state index contributed by atoms with van der Waals surface area (Å²) in [5, 5.41) is 3.36. The molecule has 80 valence electrons. The van der Waals surface area contributed by atoms with Crippen molar-refractivity contribution >= 4 is 17.5 Å². The molecule has 0 saturated heterocycles. The van der Waals surface area contributed by atoms with Gasteiger partial charge in [0, 0.05) is 24.0 Å². The second-order valence-corrected chi connectivity index (χ2v) is 3.97. The van der Waals surface area contributed by atoms with Gasteiger partial charge in [-0.05, 0) is 25.7 Å². The molecule has 4 heteroatoms. The lowest BCUT2D eigenvalue weighted by atomic mass is 9.85. The monoisotopic (exact) mass is 216 g/mol. The molecular formula is C10H17ClN2O. The van der Waals surface area contributed by atoms with Crippen molar-refractivity contribution in [3.8, 4) is 0 Å². The molecule has 1 fully saturated rings. The Bertz CT molecular complexity index is 210. The number of hydrogen-bond acceptors (Lipinski definition) is 2. The molecule has 0 aromatic heterocycles. The number of nitrogens with two attached hydrogens (primary N) is 1. The maximum Gasteiger partial charge on any atom is 0.220 e. The van der Waals surface area contributed by atoms with Gasteiger partial charge in [-0.3, -0.25) is 4.79 Å². The highest BCUT2D eigenvalue weighted by molar-refractivity contribution is 6.25. The minimum absolute atomic E-state index is 0.0941. The first-order valence-electron chi connectivity index (χ1n) is 5.02. The molecule has 0 aromatic rings. The fraction of sp³-hybridized carbons (Fsp3) is 0.700. The Morgan fingerprint density at radius 1 is 1.43 bits per heavy atom.